The highest BCUT2D eigenvalue weighted by molar-refractivity contribution is 5.94. The van der Waals surface area contributed by atoms with Crippen LogP contribution in [0.25, 0.3) is 0 Å². The van der Waals surface area contributed by atoms with Crippen LogP contribution in [0.1, 0.15) is 19.4 Å². The van der Waals surface area contributed by atoms with E-state index in [9.17, 15) is 0 Å². The van der Waals surface area contributed by atoms with Crippen LogP contribution in [0.2, 0.25) is 0 Å². The van der Waals surface area contributed by atoms with Gasteiger partial charge in [-0.1, -0.05) is 0 Å². The summed E-state index contributed by atoms with van der Waals surface area (Å²) in [6.07, 6.45) is 5.64. The zero-order chi connectivity index (χ0) is 20.5. The molecule has 0 radical (unpaired) electrons. The molecule has 8 nitrogen and oxygen atoms in total. The molecule has 29 heavy (non-hydrogen) atoms. The van der Waals surface area contributed by atoms with Gasteiger partial charge in [0, 0.05) is 57.7 Å². The first kappa shape index (κ1) is 21.3. The monoisotopic (exact) mass is 400 g/mol. The molecule has 0 bridgehead atoms. The molecule has 0 unspecified atom stereocenters. The molecule has 0 N–H and O–H groups in total. The van der Waals surface area contributed by atoms with Crippen molar-refractivity contribution in [3.05, 3.63) is 35.8 Å². The fourth-order valence-electron chi connectivity index (χ4n) is 3.26. The number of ether oxygens (including phenoxy) is 2. The second kappa shape index (κ2) is 10.9. The molecule has 3 rings (SSSR count). The first-order valence-corrected chi connectivity index (χ1v) is 10.3. The number of guanidine groups is 1. The molecule has 2 aliphatic rings. The third-order valence-electron chi connectivity index (χ3n) is 4.97. The minimum atomic E-state index is 0.587. The highest BCUT2D eigenvalue weighted by Crippen LogP contribution is 2.13. The maximum Gasteiger partial charge on any atom is 0.227 e. The number of likely N-dealkylation sites (N-methyl/N-ethyl adjacent to an activating group) is 1. The molecule has 2 fully saturated rings. The number of morpholine rings is 1. The van der Waals surface area contributed by atoms with Gasteiger partial charge < -0.3 is 24.2 Å². The Morgan fingerprint density at radius 3 is 2.62 bits per heavy atom. The standard InChI is InChI=1S/C21H32N6O2/c1-4-19(26-10-8-25(3)9-11-26)24-21(27-12-14-28-15-13-27)23-17-18-6-7-22-20(16-18)29-5-2/h4,6-7,16-17H,5,8-15H2,1-3H3/b19-4+,23-17+,24-21+. The van der Waals surface area contributed by atoms with Gasteiger partial charge in [0.05, 0.1) is 19.8 Å². The van der Waals surface area contributed by atoms with Gasteiger partial charge in [-0.15, -0.1) is 0 Å². The maximum atomic E-state index is 5.51. The SMILES string of the molecule is C\C=C(/N=C(\N=C\c1ccnc(OCC)c1)N1CCOCC1)N1CCN(C)CC1. The van der Waals surface area contributed by atoms with Crippen molar-refractivity contribution in [3.8, 4) is 5.88 Å². The van der Waals surface area contributed by atoms with Crippen LogP contribution in [-0.2, 0) is 4.74 Å². The number of hydrogen-bond acceptors (Lipinski definition) is 6. The fraction of sp³-hybridized carbons (Fsp3) is 0.571. The van der Waals surface area contributed by atoms with Crippen molar-refractivity contribution in [1.29, 1.82) is 0 Å². The third kappa shape index (κ3) is 6.27. The third-order valence-corrected chi connectivity index (χ3v) is 4.97. The van der Waals surface area contributed by atoms with Crippen LogP contribution in [0.5, 0.6) is 5.88 Å². The lowest BCUT2D eigenvalue weighted by molar-refractivity contribution is 0.0674. The van der Waals surface area contributed by atoms with Gasteiger partial charge in [-0.05, 0) is 38.6 Å². The molecule has 158 valence electrons. The highest BCUT2D eigenvalue weighted by atomic mass is 16.5. The van der Waals surface area contributed by atoms with Gasteiger partial charge in [-0.3, -0.25) is 0 Å². The Bertz CT molecular complexity index is 734. The Morgan fingerprint density at radius 2 is 1.93 bits per heavy atom. The van der Waals surface area contributed by atoms with Crippen molar-refractivity contribution >= 4 is 12.2 Å². The number of nitrogens with zero attached hydrogens (tertiary/aromatic N) is 6. The van der Waals surface area contributed by atoms with Crippen molar-refractivity contribution in [2.75, 3.05) is 66.1 Å². The summed E-state index contributed by atoms with van der Waals surface area (Å²) >= 11 is 0. The molecule has 0 atom stereocenters. The topological polar surface area (TPSA) is 65.8 Å². The van der Waals surface area contributed by atoms with Gasteiger partial charge in [0.25, 0.3) is 0 Å². The molecule has 3 heterocycles. The van der Waals surface area contributed by atoms with Gasteiger partial charge >= 0.3 is 0 Å². The number of aromatic nitrogens is 1. The average Bonchev–Trinajstić information content (AvgIpc) is 2.76. The summed E-state index contributed by atoms with van der Waals surface area (Å²) in [4.78, 5) is 20.8. The predicted octanol–water partition coefficient (Wildman–Crippen LogP) is 1.70. The van der Waals surface area contributed by atoms with E-state index in [4.69, 9.17) is 19.5 Å². The van der Waals surface area contributed by atoms with Gasteiger partial charge in [0.1, 0.15) is 5.82 Å². The van der Waals surface area contributed by atoms with E-state index in [2.05, 4.69) is 32.8 Å². The fourth-order valence-corrected chi connectivity index (χ4v) is 3.26. The van der Waals surface area contributed by atoms with Crippen molar-refractivity contribution in [1.82, 2.24) is 19.7 Å². The predicted molar refractivity (Wildman–Crippen MR) is 116 cm³/mol. The lowest BCUT2D eigenvalue weighted by Gasteiger charge is -2.34. The van der Waals surface area contributed by atoms with Crippen LogP contribution >= 0.6 is 0 Å². The molecule has 0 saturated carbocycles. The van der Waals surface area contributed by atoms with Crippen molar-refractivity contribution in [2.24, 2.45) is 9.98 Å². The number of aliphatic imine (C=N–C) groups is 2. The van der Waals surface area contributed by atoms with E-state index in [0.29, 0.717) is 25.7 Å². The van der Waals surface area contributed by atoms with Crippen LogP contribution in [0.3, 0.4) is 0 Å². The zero-order valence-electron chi connectivity index (χ0n) is 17.8. The summed E-state index contributed by atoms with van der Waals surface area (Å²) < 4.78 is 11.0. The lowest BCUT2D eigenvalue weighted by Crippen LogP contribution is -2.44. The van der Waals surface area contributed by atoms with Gasteiger partial charge in [0.15, 0.2) is 0 Å². The van der Waals surface area contributed by atoms with E-state index in [-0.39, 0.29) is 0 Å². The lowest BCUT2D eigenvalue weighted by atomic mass is 10.3. The number of rotatable bonds is 5. The Hall–Kier alpha value is -2.45. The molecule has 0 spiro atoms. The van der Waals surface area contributed by atoms with Crippen LogP contribution in [0.4, 0.5) is 0 Å². The summed E-state index contributed by atoms with van der Waals surface area (Å²) in [7, 11) is 2.16. The molecular weight excluding hydrogens is 368 g/mol. The molecule has 0 amide bonds. The van der Waals surface area contributed by atoms with E-state index in [1.807, 2.05) is 32.2 Å². The van der Waals surface area contributed by atoms with Crippen LogP contribution in [-0.4, -0.2) is 98.0 Å². The van der Waals surface area contributed by atoms with Crippen molar-refractivity contribution in [3.63, 3.8) is 0 Å². The summed E-state index contributed by atoms with van der Waals surface area (Å²) in [6.45, 7) is 11.6. The molecule has 1 aromatic heterocycles. The largest absolute Gasteiger partial charge is 0.478 e. The Labute approximate surface area is 173 Å². The van der Waals surface area contributed by atoms with Crippen LogP contribution < -0.4 is 4.74 Å². The molecule has 1 aromatic rings. The minimum absolute atomic E-state index is 0.587. The zero-order valence-corrected chi connectivity index (χ0v) is 17.8. The van der Waals surface area contributed by atoms with Crippen LogP contribution in [0.15, 0.2) is 40.2 Å². The molecular formula is C21H32N6O2. The summed E-state index contributed by atoms with van der Waals surface area (Å²) in [5.41, 5.74) is 0.936. The summed E-state index contributed by atoms with van der Waals surface area (Å²) in [6, 6.07) is 3.81. The van der Waals surface area contributed by atoms with E-state index in [0.717, 1.165) is 56.6 Å². The van der Waals surface area contributed by atoms with Crippen molar-refractivity contribution in [2.45, 2.75) is 13.8 Å². The Balaban J connectivity index is 1.81. The summed E-state index contributed by atoms with van der Waals surface area (Å²) in [5, 5.41) is 0. The Kier molecular flexibility index (Phi) is 8.01. The highest BCUT2D eigenvalue weighted by Gasteiger charge is 2.19. The minimum Gasteiger partial charge on any atom is -0.478 e. The number of piperazine rings is 1. The van der Waals surface area contributed by atoms with Crippen LogP contribution in [0, 0.1) is 0 Å². The van der Waals surface area contributed by atoms with E-state index in [1.54, 1.807) is 6.20 Å². The van der Waals surface area contributed by atoms with Crippen molar-refractivity contribution < 1.29 is 9.47 Å². The molecule has 2 saturated heterocycles. The van der Waals surface area contributed by atoms with Gasteiger partial charge in [-0.2, -0.15) is 4.99 Å². The second-order valence-corrected chi connectivity index (χ2v) is 7.07. The first-order valence-electron chi connectivity index (χ1n) is 10.3. The van der Waals surface area contributed by atoms with E-state index < -0.39 is 0 Å². The maximum absolute atomic E-state index is 5.51. The quantitative estimate of drug-likeness (QED) is 0.554. The van der Waals surface area contributed by atoms with E-state index in [1.165, 1.54) is 0 Å². The summed E-state index contributed by atoms with van der Waals surface area (Å²) in [5.74, 6) is 2.30. The second-order valence-electron chi connectivity index (χ2n) is 7.07. The van der Waals surface area contributed by atoms with Gasteiger partial charge in [0.2, 0.25) is 11.8 Å². The number of hydrogen-bond donors (Lipinski definition) is 0. The number of pyridine rings is 1. The average molecular weight is 401 g/mol. The first-order chi connectivity index (χ1) is 14.2. The molecule has 0 aliphatic carbocycles. The number of allylic oxidation sites excluding steroid dienone is 1. The van der Waals surface area contributed by atoms with Gasteiger partial charge in [-0.25, -0.2) is 9.98 Å². The molecule has 2 aliphatic heterocycles. The van der Waals surface area contributed by atoms with E-state index >= 15 is 0 Å². The smallest absolute Gasteiger partial charge is 0.227 e. The molecule has 0 aromatic carbocycles. The Morgan fingerprint density at radius 1 is 1.17 bits per heavy atom. The normalized spacial score (nSPS) is 19.8. The molecule has 8 heteroatoms.